The Bertz CT molecular complexity index is 546. The highest BCUT2D eigenvalue weighted by molar-refractivity contribution is 5.36. The fraction of sp³-hybridized carbons (Fsp3) is 0.353. The van der Waals surface area contributed by atoms with E-state index in [1.165, 1.54) is 11.1 Å². The normalized spacial score (nSPS) is 10.3. The summed E-state index contributed by atoms with van der Waals surface area (Å²) in [6, 6.07) is 12.2. The molecule has 0 amide bonds. The summed E-state index contributed by atoms with van der Waals surface area (Å²) in [4.78, 5) is 4.53. The Hall–Kier alpha value is -2.03. The van der Waals surface area contributed by atoms with E-state index in [-0.39, 0.29) is 0 Å². The Kier molecular flexibility index (Phi) is 4.99. The molecule has 1 N–H and O–H groups in total. The summed E-state index contributed by atoms with van der Waals surface area (Å²) in [7, 11) is 0. The average molecular weight is 270 g/mol. The van der Waals surface area contributed by atoms with E-state index in [2.05, 4.69) is 37.1 Å². The smallest absolute Gasteiger partial charge is 0.130 e. The second kappa shape index (κ2) is 6.94. The van der Waals surface area contributed by atoms with Gasteiger partial charge in [-0.05, 0) is 55.7 Å². The molecular formula is C17H22N2O. The summed E-state index contributed by atoms with van der Waals surface area (Å²) in [5.41, 5.74) is 3.36. The maximum absolute atomic E-state index is 5.82. The maximum Gasteiger partial charge on any atom is 0.130 e. The first kappa shape index (κ1) is 14.4. The molecule has 3 heteroatoms. The van der Waals surface area contributed by atoms with Crippen molar-refractivity contribution in [2.75, 3.05) is 11.9 Å². The number of hydrogen-bond acceptors (Lipinski definition) is 3. The lowest BCUT2D eigenvalue weighted by molar-refractivity contribution is 0.301. The molecule has 1 aromatic heterocycles. The van der Waals surface area contributed by atoms with Crippen molar-refractivity contribution in [3.05, 3.63) is 53.2 Å². The van der Waals surface area contributed by atoms with Crippen LogP contribution in [0.5, 0.6) is 5.75 Å². The summed E-state index contributed by atoms with van der Waals surface area (Å²) in [6.45, 7) is 7.72. The van der Waals surface area contributed by atoms with E-state index in [1.807, 2.05) is 30.3 Å². The van der Waals surface area contributed by atoms with Gasteiger partial charge in [-0.25, -0.2) is 4.98 Å². The van der Waals surface area contributed by atoms with Crippen LogP contribution in [0.2, 0.25) is 0 Å². The molecule has 2 rings (SSSR count). The third-order valence-corrected chi connectivity index (χ3v) is 2.94. The lowest BCUT2D eigenvalue weighted by Gasteiger charge is -2.09. The van der Waals surface area contributed by atoms with E-state index >= 15 is 0 Å². The number of nitrogens with zero attached hydrogens (tertiary/aromatic N) is 1. The minimum Gasteiger partial charge on any atom is -0.487 e. The zero-order valence-electron chi connectivity index (χ0n) is 12.4. The van der Waals surface area contributed by atoms with Crippen molar-refractivity contribution in [1.29, 1.82) is 0 Å². The third-order valence-electron chi connectivity index (χ3n) is 2.94. The van der Waals surface area contributed by atoms with Crippen LogP contribution >= 0.6 is 0 Å². The van der Waals surface area contributed by atoms with Gasteiger partial charge in [0.25, 0.3) is 0 Å². The molecule has 0 unspecified atom stereocenters. The van der Waals surface area contributed by atoms with Gasteiger partial charge in [0.1, 0.15) is 18.2 Å². The van der Waals surface area contributed by atoms with Crippen LogP contribution in [0.3, 0.4) is 0 Å². The molecule has 1 aromatic carbocycles. The van der Waals surface area contributed by atoms with Gasteiger partial charge in [0, 0.05) is 6.54 Å². The molecule has 0 saturated heterocycles. The Morgan fingerprint density at radius 2 is 1.85 bits per heavy atom. The average Bonchev–Trinajstić information content (AvgIpc) is 2.42. The Morgan fingerprint density at radius 3 is 2.55 bits per heavy atom. The van der Waals surface area contributed by atoms with E-state index in [4.69, 9.17) is 4.74 Å². The van der Waals surface area contributed by atoms with Crippen LogP contribution in [0.15, 0.2) is 36.4 Å². The molecule has 0 aliphatic heterocycles. The number of aryl methyl sites for hydroxylation is 2. The van der Waals surface area contributed by atoms with Crippen LogP contribution in [-0.2, 0) is 6.61 Å². The standard InChI is InChI=1S/C17H22N2O/c1-4-8-18-17-7-5-6-15(19-17)12-20-16-10-13(2)9-14(3)11-16/h5-7,9-11H,4,8,12H2,1-3H3,(H,18,19). The van der Waals surface area contributed by atoms with Crippen molar-refractivity contribution in [2.45, 2.75) is 33.8 Å². The summed E-state index contributed by atoms with van der Waals surface area (Å²) < 4.78 is 5.82. The van der Waals surface area contributed by atoms with Crippen molar-refractivity contribution < 1.29 is 4.74 Å². The van der Waals surface area contributed by atoms with Crippen LogP contribution in [0.25, 0.3) is 0 Å². The zero-order chi connectivity index (χ0) is 14.4. The first-order chi connectivity index (χ1) is 9.67. The van der Waals surface area contributed by atoms with Crippen molar-refractivity contribution in [3.63, 3.8) is 0 Å². The van der Waals surface area contributed by atoms with Gasteiger partial charge in [-0.3, -0.25) is 0 Å². The quantitative estimate of drug-likeness (QED) is 0.858. The fourth-order valence-electron chi connectivity index (χ4n) is 2.09. The van der Waals surface area contributed by atoms with E-state index in [0.717, 1.165) is 30.2 Å². The van der Waals surface area contributed by atoms with E-state index in [9.17, 15) is 0 Å². The molecule has 0 aliphatic rings. The SMILES string of the molecule is CCCNc1cccc(COc2cc(C)cc(C)c2)n1. The molecule has 0 aliphatic carbocycles. The van der Waals surface area contributed by atoms with Gasteiger partial charge >= 0.3 is 0 Å². The molecule has 106 valence electrons. The van der Waals surface area contributed by atoms with Gasteiger partial charge < -0.3 is 10.1 Å². The van der Waals surface area contributed by atoms with Crippen LogP contribution in [0.4, 0.5) is 5.82 Å². The lowest BCUT2D eigenvalue weighted by atomic mass is 10.1. The van der Waals surface area contributed by atoms with Crippen LogP contribution in [-0.4, -0.2) is 11.5 Å². The molecule has 0 atom stereocenters. The second-order valence-corrected chi connectivity index (χ2v) is 5.05. The first-order valence-corrected chi connectivity index (χ1v) is 7.08. The fourth-order valence-corrected chi connectivity index (χ4v) is 2.09. The first-order valence-electron chi connectivity index (χ1n) is 7.08. The number of anilines is 1. The lowest BCUT2D eigenvalue weighted by Crippen LogP contribution is -2.05. The van der Waals surface area contributed by atoms with E-state index < -0.39 is 0 Å². The van der Waals surface area contributed by atoms with E-state index in [1.54, 1.807) is 0 Å². The van der Waals surface area contributed by atoms with Crippen LogP contribution in [0, 0.1) is 13.8 Å². The summed E-state index contributed by atoms with van der Waals surface area (Å²) in [5.74, 6) is 1.81. The summed E-state index contributed by atoms with van der Waals surface area (Å²) in [5, 5.41) is 3.28. The van der Waals surface area contributed by atoms with Crippen molar-refractivity contribution in [1.82, 2.24) is 4.98 Å². The van der Waals surface area contributed by atoms with Gasteiger partial charge in [-0.1, -0.05) is 19.1 Å². The number of rotatable bonds is 6. The topological polar surface area (TPSA) is 34.1 Å². The molecule has 20 heavy (non-hydrogen) atoms. The van der Waals surface area contributed by atoms with Gasteiger partial charge in [0.15, 0.2) is 0 Å². The predicted molar refractivity (Wildman–Crippen MR) is 83.3 cm³/mol. The van der Waals surface area contributed by atoms with Crippen LogP contribution < -0.4 is 10.1 Å². The zero-order valence-corrected chi connectivity index (χ0v) is 12.4. The molecule has 1 heterocycles. The number of nitrogens with one attached hydrogen (secondary N) is 1. The Balaban J connectivity index is 1.99. The van der Waals surface area contributed by atoms with Gasteiger partial charge in [0.05, 0.1) is 5.69 Å². The molecule has 0 spiro atoms. The van der Waals surface area contributed by atoms with Crippen LogP contribution in [0.1, 0.15) is 30.2 Å². The molecule has 0 fully saturated rings. The molecular weight excluding hydrogens is 248 g/mol. The van der Waals surface area contributed by atoms with Gasteiger partial charge in [0.2, 0.25) is 0 Å². The summed E-state index contributed by atoms with van der Waals surface area (Å²) >= 11 is 0. The van der Waals surface area contributed by atoms with Gasteiger partial charge in [-0.15, -0.1) is 0 Å². The molecule has 0 radical (unpaired) electrons. The molecule has 3 nitrogen and oxygen atoms in total. The predicted octanol–water partition coefficient (Wildman–Crippen LogP) is 4.10. The highest BCUT2D eigenvalue weighted by Crippen LogP contribution is 2.17. The van der Waals surface area contributed by atoms with Crippen molar-refractivity contribution in [2.24, 2.45) is 0 Å². The Morgan fingerprint density at radius 1 is 1.10 bits per heavy atom. The maximum atomic E-state index is 5.82. The Labute approximate surface area is 121 Å². The highest BCUT2D eigenvalue weighted by atomic mass is 16.5. The number of ether oxygens (including phenoxy) is 1. The molecule has 0 bridgehead atoms. The van der Waals surface area contributed by atoms with Crippen molar-refractivity contribution >= 4 is 5.82 Å². The number of hydrogen-bond donors (Lipinski definition) is 1. The minimum absolute atomic E-state index is 0.491. The monoisotopic (exact) mass is 270 g/mol. The highest BCUT2D eigenvalue weighted by Gasteiger charge is 2.01. The summed E-state index contributed by atoms with van der Waals surface area (Å²) in [6.07, 6.45) is 1.09. The number of pyridine rings is 1. The number of benzene rings is 1. The second-order valence-electron chi connectivity index (χ2n) is 5.05. The van der Waals surface area contributed by atoms with E-state index in [0.29, 0.717) is 6.61 Å². The van der Waals surface area contributed by atoms with Gasteiger partial charge in [-0.2, -0.15) is 0 Å². The largest absolute Gasteiger partial charge is 0.487 e. The molecule has 0 saturated carbocycles. The third kappa shape index (κ3) is 4.26. The number of aromatic nitrogens is 1. The van der Waals surface area contributed by atoms with Crippen molar-refractivity contribution in [3.8, 4) is 5.75 Å². The minimum atomic E-state index is 0.491. The molecule has 2 aromatic rings.